The molecule has 1 N–H and O–H groups in total. The van der Waals surface area contributed by atoms with Gasteiger partial charge in [-0.2, -0.15) is 0 Å². The van der Waals surface area contributed by atoms with E-state index in [0.717, 1.165) is 16.9 Å². The van der Waals surface area contributed by atoms with Crippen LogP contribution < -0.4 is 5.32 Å². The Morgan fingerprint density at radius 3 is 2.69 bits per heavy atom. The zero-order valence-electron chi connectivity index (χ0n) is 16.2. The van der Waals surface area contributed by atoms with Crippen molar-refractivity contribution in [3.05, 3.63) is 47.3 Å². The fourth-order valence-electron chi connectivity index (χ4n) is 3.52. The second kappa shape index (κ2) is 7.42. The lowest BCUT2D eigenvalue weighted by molar-refractivity contribution is -0.136. The summed E-state index contributed by atoms with van der Waals surface area (Å²) < 4.78 is 0. The summed E-state index contributed by atoms with van der Waals surface area (Å²) in [4.78, 5) is 44.0. The van der Waals surface area contributed by atoms with Gasteiger partial charge < -0.3 is 10.2 Å². The molecule has 0 saturated heterocycles. The Bertz CT molecular complexity index is 1030. The predicted molar refractivity (Wildman–Crippen MR) is 104 cm³/mol. The van der Waals surface area contributed by atoms with Crippen LogP contribution >= 0.6 is 0 Å². The molecule has 2 aromatic rings. The molecule has 0 bridgehead atoms. The van der Waals surface area contributed by atoms with E-state index in [1.165, 1.54) is 7.05 Å². The molecule has 2 aliphatic heterocycles. The van der Waals surface area contributed by atoms with Crippen molar-refractivity contribution in [2.75, 3.05) is 25.5 Å². The Morgan fingerprint density at radius 2 is 1.97 bits per heavy atom. The molecule has 2 aliphatic rings. The molecule has 3 amide bonds. The molecular formula is C20H20N6O3. The number of nitrogens with one attached hydrogen (secondary N) is 1. The quantitative estimate of drug-likeness (QED) is 0.777. The van der Waals surface area contributed by atoms with Crippen molar-refractivity contribution in [3.63, 3.8) is 0 Å². The molecule has 0 radical (unpaired) electrons. The number of likely N-dealkylation sites (N-methyl/N-ethyl adjacent to an activating group) is 1. The molecule has 2 aromatic heterocycles. The van der Waals surface area contributed by atoms with E-state index < -0.39 is 0 Å². The summed E-state index contributed by atoms with van der Waals surface area (Å²) in [5.41, 5.74) is 3.21. The SMILES string of the molecule is Cc1ccnc(-c2ccc(NC(=O)CN3CCCC4=C3C(=O)N(C)C4=O)nn2)c1. The first-order chi connectivity index (χ1) is 13.9. The second-order valence-corrected chi connectivity index (χ2v) is 7.09. The van der Waals surface area contributed by atoms with E-state index in [-0.39, 0.29) is 24.3 Å². The monoisotopic (exact) mass is 392 g/mol. The minimum absolute atomic E-state index is 0.0332. The number of pyridine rings is 1. The molecule has 0 aliphatic carbocycles. The highest BCUT2D eigenvalue weighted by atomic mass is 16.2. The molecular weight excluding hydrogens is 372 g/mol. The minimum Gasteiger partial charge on any atom is -0.357 e. The number of imide groups is 1. The average molecular weight is 392 g/mol. The average Bonchev–Trinajstić information content (AvgIpc) is 2.93. The molecule has 0 fully saturated rings. The summed E-state index contributed by atoms with van der Waals surface area (Å²) in [5.74, 6) is -0.651. The minimum atomic E-state index is -0.354. The molecule has 0 atom stereocenters. The molecule has 0 saturated carbocycles. The molecule has 0 unspecified atom stereocenters. The number of hydrogen-bond donors (Lipinski definition) is 1. The highest BCUT2D eigenvalue weighted by molar-refractivity contribution is 6.19. The Hall–Kier alpha value is -3.62. The highest BCUT2D eigenvalue weighted by Gasteiger charge is 2.40. The van der Waals surface area contributed by atoms with Crippen molar-refractivity contribution in [1.82, 2.24) is 25.0 Å². The van der Waals surface area contributed by atoms with E-state index >= 15 is 0 Å². The largest absolute Gasteiger partial charge is 0.357 e. The van der Waals surface area contributed by atoms with Crippen LogP contribution in [-0.2, 0) is 14.4 Å². The van der Waals surface area contributed by atoms with Gasteiger partial charge in [-0.15, -0.1) is 10.2 Å². The lowest BCUT2D eigenvalue weighted by atomic mass is 10.0. The normalized spacial score (nSPS) is 16.3. The molecule has 4 heterocycles. The van der Waals surface area contributed by atoms with Gasteiger partial charge in [0, 0.05) is 25.4 Å². The van der Waals surface area contributed by atoms with Crippen LogP contribution in [0.1, 0.15) is 18.4 Å². The van der Waals surface area contributed by atoms with Gasteiger partial charge in [0.1, 0.15) is 11.4 Å². The van der Waals surface area contributed by atoms with Gasteiger partial charge in [-0.05, 0) is 49.6 Å². The molecule has 148 valence electrons. The van der Waals surface area contributed by atoms with Crippen molar-refractivity contribution >= 4 is 23.5 Å². The fourth-order valence-corrected chi connectivity index (χ4v) is 3.52. The number of nitrogens with zero attached hydrogens (tertiary/aromatic N) is 5. The topological polar surface area (TPSA) is 108 Å². The van der Waals surface area contributed by atoms with Crippen molar-refractivity contribution in [2.24, 2.45) is 0 Å². The fraction of sp³-hybridized carbons (Fsp3) is 0.300. The van der Waals surface area contributed by atoms with Crippen LogP contribution in [0.25, 0.3) is 11.4 Å². The third-order valence-electron chi connectivity index (χ3n) is 4.97. The van der Waals surface area contributed by atoms with Crippen molar-refractivity contribution in [3.8, 4) is 11.4 Å². The molecule has 0 aromatic carbocycles. The highest BCUT2D eigenvalue weighted by Crippen LogP contribution is 2.30. The number of hydrogen-bond acceptors (Lipinski definition) is 7. The lowest BCUT2D eigenvalue weighted by Gasteiger charge is -2.28. The van der Waals surface area contributed by atoms with Gasteiger partial charge in [0.2, 0.25) is 5.91 Å². The van der Waals surface area contributed by atoms with Crippen LogP contribution in [0.3, 0.4) is 0 Å². The van der Waals surface area contributed by atoms with Gasteiger partial charge in [-0.25, -0.2) is 0 Å². The van der Waals surface area contributed by atoms with Crippen LogP contribution in [0, 0.1) is 6.92 Å². The van der Waals surface area contributed by atoms with Gasteiger partial charge in [-0.1, -0.05) is 0 Å². The van der Waals surface area contributed by atoms with Gasteiger partial charge in [-0.3, -0.25) is 24.3 Å². The first-order valence-corrected chi connectivity index (χ1v) is 9.31. The van der Waals surface area contributed by atoms with E-state index in [2.05, 4.69) is 20.5 Å². The van der Waals surface area contributed by atoms with E-state index in [1.807, 2.05) is 19.1 Å². The zero-order chi connectivity index (χ0) is 20.5. The Kier molecular flexibility index (Phi) is 4.79. The van der Waals surface area contributed by atoms with Crippen molar-refractivity contribution in [1.29, 1.82) is 0 Å². The summed E-state index contributed by atoms with van der Waals surface area (Å²) >= 11 is 0. The number of amides is 3. The van der Waals surface area contributed by atoms with Gasteiger partial charge in [0.25, 0.3) is 11.8 Å². The number of carbonyl (C=O) groups excluding carboxylic acids is 3. The van der Waals surface area contributed by atoms with Crippen LogP contribution in [0.5, 0.6) is 0 Å². The Balaban J connectivity index is 1.44. The molecule has 9 nitrogen and oxygen atoms in total. The van der Waals surface area contributed by atoms with Crippen molar-refractivity contribution in [2.45, 2.75) is 19.8 Å². The summed E-state index contributed by atoms with van der Waals surface area (Å²) in [6, 6.07) is 7.19. The summed E-state index contributed by atoms with van der Waals surface area (Å²) in [6.45, 7) is 2.48. The number of aromatic nitrogens is 3. The van der Waals surface area contributed by atoms with E-state index in [4.69, 9.17) is 0 Å². The Labute approximate surface area is 167 Å². The maximum absolute atomic E-state index is 12.5. The van der Waals surface area contributed by atoms with Gasteiger partial charge in [0.15, 0.2) is 5.82 Å². The first kappa shape index (κ1) is 18.7. The number of anilines is 1. The predicted octanol–water partition coefficient (Wildman–Crippen LogP) is 1.13. The van der Waals surface area contributed by atoms with Crippen LogP contribution in [0.15, 0.2) is 41.7 Å². The smallest absolute Gasteiger partial charge is 0.277 e. The molecule has 29 heavy (non-hydrogen) atoms. The third-order valence-corrected chi connectivity index (χ3v) is 4.97. The van der Waals surface area contributed by atoms with Crippen LogP contribution in [0.2, 0.25) is 0 Å². The summed E-state index contributed by atoms with van der Waals surface area (Å²) in [5, 5.41) is 10.9. The maximum atomic E-state index is 12.5. The lowest BCUT2D eigenvalue weighted by Crippen LogP contribution is -2.38. The number of aryl methyl sites for hydroxylation is 1. The first-order valence-electron chi connectivity index (χ1n) is 9.31. The van der Waals surface area contributed by atoms with Crippen molar-refractivity contribution < 1.29 is 14.4 Å². The maximum Gasteiger partial charge on any atom is 0.277 e. The molecule has 0 spiro atoms. The van der Waals surface area contributed by atoms with E-state index in [9.17, 15) is 14.4 Å². The number of carbonyl (C=O) groups is 3. The third kappa shape index (κ3) is 3.58. The van der Waals surface area contributed by atoms with Crippen LogP contribution in [0.4, 0.5) is 5.82 Å². The number of rotatable bonds is 4. The second-order valence-electron chi connectivity index (χ2n) is 7.09. The summed E-state index contributed by atoms with van der Waals surface area (Å²) in [6.07, 6.45) is 2.98. The standard InChI is InChI=1S/C20H20N6O3/c1-12-7-8-21-15(10-12)14-5-6-16(24-23-14)22-17(27)11-26-9-3-4-13-18(26)20(29)25(2)19(13)28/h5-8,10H,3-4,9,11H2,1-2H3,(H,22,24,27). The zero-order valence-corrected chi connectivity index (χ0v) is 16.2. The Morgan fingerprint density at radius 1 is 1.14 bits per heavy atom. The van der Waals surface area contributed by atoms with Crippen LogP contribution in [-0.4, -0.2) is 62.8 Å². The van der Waals surface area contributed by atoms with Gasteiger partial charge >= 0.3 is 0 Å². The molecule has 9 heteroatoms. The van der Waals surface area contributed by atoms with E-state index in [1.54, 1.807) is 23.2 Å². The summed E-state index contributed by atoms with van der Waals surface area (Å²) in [7, 11) is 1.46. The van der Waals surface area contributed by atoms with E-state index in [0.29, 0.717) is 41.4 Å². The molecule has 4 rings (SSSR count). The van der Waals surface area contributed by atoms with Gasteiger partial charge in [0.05, 0.1) is 12.2 Å².